The molecule has 0 aliphatic rings. The second-order valence-electron chi connectivity index (χ2n) is 6.91. The summed E-state index contributed by atoms with van der Waals surface area (Å²) >= 11 is 18.4. The summed E-state index contributed by atoms with van der Waals surface area (Å²) in [5, 5.41) is 6.10. The smallest absolute Gasteiger partial charge is 0.276 e. The van der Waals surface area contributed by atoms with E-state index in [1.54, 1.807) is 41.9 Å². The molecule has 3 aromatic heterocycles. The standard InChI is InChI=1S/C22H16Cl3N5O2/c1-11-8-12(23)9-15(21(31)26-2)17(11)29-22(32)18-19(14-5-6-16(24)28-20(14)25)30-7-3-4-13(30)10-27-18/h3-10H,1-2H3,(H,26,31)(H,29,32). The number of hydrogen-bond donors (Lipinski definition) is 2. The maximum Gasteiger partial charge on any atom is 0.276 e. The van der Waals surface area contributed by atoms with Gasteiger partial charge in [0, 0.05) is 23.8 Å². The molecular formula is C22H16Cl3N5O2. The Balaban J connectivity index is 1.87. The van der Waals surface area contributed by atoms with E-state index in [0.717, 1.165) is 5.52 Å². The number of nitrogens with zero attached hydrogens (tertiary/aromatic N) is 3. The quantitative estimate of drug-likeness (QED) is 0.383. The normalized spacial score (nSPS) is 10.9. The van der Waals surface area contributed by atoms with E-state index in [-0.39, 0.29) is 27.5 Å². The van der Waals surface area contributed by atoms with Gasteiger partial charge in [-0.3, -0.25) is 9.59 Å². The predicted octanol–water partition coefficient (Wildman–Crippen LogP) is 5.28. The van der Waals surface area contributed by atoms with Crippen LogP contribution in [0.25, 0.3) is 16.8 Å². The van der Waals surface area contributed by atoms with Crippen LogP contribution >= 0.6 is 34.8 Å². The van der Waals surface area contributed by atoms with Crippen LogP contribution in [0.1, 0.15) is 26.4 Å². The Morgan fingerprint density at radius 1 is 1.06 bits per heavy atom. The van der Waals surface area contributed by atoms with Gasteiger partial charge >= 0.3 is 0 Å². The molecule has 0 atom stereocenters. The van der Waals surface area contributed by atoms with Gasteiger partial charge in [0.1, 0.15) is 10.3 Å². The van der Waals surface area contributed by atoms with Crippen molar-refractivity contribution in [3.05, 3.63) is 80.9 Å². The average Bonchev–Trinajstić information content (AvgIpc) is 3.23. The summed E-state index contributed by atoms with van der Waals surface area (Å²) in [6.07, 6.45) is 3.36. The van der Waals surface area contributed by atoms with E-state index >= 15 is 0 Å². The summed E-state index contributed by atoms with van der Waals surface area (Å²) in [7, 11) is 1.50. The van der Waals surface area contributed by atoms with E-state index in [0.29, 0.717) is 27.5 Å². The summed E-state index contributed by atoms with van der Waals surface area (Å²) in [5.41, 5.74) is 2.97. The summed E-state index contributed by atoms with van der Waals surface area (Å²) in [4.78, 5) is 34.3. The van der Waals surface area contributed by atoms with Crippen LogP contribution < -0.4 is 10.6 Å². The van der Waals surface area contributed by atoms with E-state index in [1.165, 1.54) is 13.1 Å². The van der Waals surface area contributed by atoms with Gasteiger partial charge in [0.15, 0.2) is 5.69 Å². The molecule has 4 aromatic rings. The highest BCUT2D eigenvalue weighted by molar-refractivity contribution is 6.34. The number of halogens is 3. The maximum absolute atomic E-state index is 13.4. The second-order valence-corrected chi connectivity index (χ2v) is 8.09. The first-order valence-electron chi connectivity index (χ1n) is 9.42. The lowest BCUT2D eigenvalue weighted by Gasteiger charge is -2.16. The van der Waals surface area contributed by atoms with Crippen molar-refractivity contribution >= 4 is 57.8 Å². The minimum atomic E-state index is -0.530. The summed E-state index contributed by atoms with van der Waals surface area (Å²) in [5.74, 6) is -0.915. The van der Waals surface area contributed by atoms with Crippen LogP contribution in [0.3, 0.4) is 0 Å². The van der Waals surface area contributed by atoms with Crippen LogP contribution in [-0.2, 0) is 0 Å². The van der Waals surface area contributed by atoms with E-state index in [2.05, 4.69) is 20.6 Å². The number of carbonyl (C=O) groups is 2. The molecule has 3 heterocycles. The van der Waals surface area contributed by atoms with Crippen molar-refractivity contribution in [3.8, 4) is 11.3 Å². The molecule has 0 saturated carbocycles. The topological polar surface area (TPSA) is 88.4 Å². The molecule has 0 bridgehead atoms. The van der Waals surface area contributed by atoms with Crippen molar-refractivity contribution in [2.45, 2.75) is 6.92 Å². The van der Waals surface area contributed by atoms with Crippen molar-refractivity contribution in [2.75, 3.05) is 12.4 Å². The molecule has 0 spiro atoms. The molecular weight excluding hydrogens is 473 g/mol. The number of benzene rings is 1. The molecule has 0 aliphatic heterocycles. The van der Waals surface area contributed by atoms with Crippen molar-refractivity contribution in [2.24, 2.45) is 0 Å². The van der Waals surface area contributed by atoms with Gasteiger partial charge in [0.25, 0.3) is 11.8 Å². The minimum absolute atomic E-state index is 0.0944. The van der Waals surface area contributed by atoms with Crippen LogP contribution in [0, 0.1) is 6.92 Å². The molecule has 1 aromatic carbocycles. The number of aromatic nitrogens is 3. The zero-order chi connectivity index (χ0) is 23.0. The number of carbonyl (C=O) groups excluding carboxylic acids is 2. The number of anilines is 1. The Morgan fingerprint density at radius 2 is 1.84 bits per heavy atom. The Kier molecular flexibility index (Phi) is 6.06. The Morgan fingerprint density at radius 3 is 2.56 bits per heavy atom. The van der Waals surface area contributed by atoms with Gasteiger partial charge in [0.05, 0.1) is 28.7 Å². The number of rotatable bonds is 4. The fourth-order valence-electron chi connectivity index (χ4n) is 3.42. The molecule has 0 radical (unpaired) electrons. The highest BCUT2D eigenvalue weighted by atomic mass is 35.5. The molecule has 0 aliphatic carbocycles. The van der Waals surface area contributed by atoms with Crippen molar-refractivity contribution in [3.63, 3.8) is 0 Å². The largest absolute Gasteiger partial charge is 0.355 e. The number of nitrogens with one attached hydrogen (secondary N) is 2. The molecule has 32 heavy (non-hydrogen) atoms. The molecule has 0 saturated heterocycles. The van der Waals surface area contributed by atoms with Gasteiger partial charge in [-0.05, 0) is 48.9 Å². The zero-order valence-electron chi connectivity index (χ0n) is 16.9. The van der Waals surface area contributed by atoms with E-state index < -0.39 is 5.91 Å². The molecule has 7 nitrogen and oxygen atoms in total. The zero-order valence-corrected chi connectivity index (χ0v) is 19.2. The molecule has 10 heteroatoms. The molecule has 4 rings (SSSR count). The van der Waals surface area contributed by atoms with Gasteiger partial charge in [-0.2, -0.15) is 0 Å². The van der Waals surface area contributed by atoms with Crippen LogP contribution in [0.15, 0.2) is 48.8 Å². The first-order chi connectivity index (χ1) is 15.3. The third-order valence-corrected chi connectivity index (χ3v) is 5.58. The van der Waals surface area contributed by atoms with Gasteiger partial charge in [-0.1, -0.05) is 34.8 Å². The minimum Gasteiger partial charge on any atom is -0.355 e. The summed E-state index contributed by atoms with van der Waals surface area (Å²) in [6.45, 7) is 1.75. The lowest BCUT2D eigenvalue weighted by atomic mass is 10.1. The van der Waals surface area contributed by atoms with Gasteiger partial charge in [0.2, 0.25) is 0 Å². The lowest BCUT2D eigenvalue weighted by Crippen LogP contribution is -2.23. The number of aryl methyl sites for hydroxylation is 1. The van der Waals surface area contributed by atoms with Crippen LogP contribution in [0.4, 0.5) is 5.69 Å². The van der Waals surface area contributed by atoms with Gasteiger partial charge < -0.3 is 15.0 Å². The third-order valence-electron chi connectivity index (χ3n) is 4.87. The molecule has 2 amide bonds. The highest BCUT2D eigenvalue weighted by Crippen LogP contribution is 2.32. The molecule has 0 unspecified atom stereocenters. The van der Waals surface area contributed by atoms with Crippen LogP contribution in [0.5, 0.6) is 0 Å². The summed E-state index contributed by atoms with van der Waals surface area (Å²) < 4.78 is 1.78. The first kappa shape index (κ1) is 22.1. The Labute approximate surface area is 198 Å². The van der Waals surface area contributed by atoms with Crippen molar-refractivity contribution < 1.29 is 9.59 Å². The first-order valence-corrected chi connectivity index (χ1v) is 10.6. The number of fused-ring (bicyclic) bond motifs is 1. The number of amides is 2. The van der Waals surface area contributed by atoms with Crippen LogP contribution in [-0.4, -0.2) is 33.2 Å². The van der Waals surface area contributed by atoms with Gasteiger partial charge in [-0.15, -0.1) is 0 Å². The van der Waals surface area contributed by atoms with Crippen molar-refractivity contribution in [1.29, 1.82) is 0 Å². The predicted molar refractivity (Wildman–Crippen MR) is 126 cm³/mol. The Hall–Kier alpha value is -3.13. The highest BCUT2D eigenvalue weighted by Gasteiger charge is 2.23. The molecule has 2 N–H and O–H groups in total. The Bertz CT molecular complexity index is 1380. The SMILES string of the molecule is CNC(=O)c1cc(Cl)cc(C)c1NC(=O)c1ncc2cccn2c1-c1ccc(Cl)nc1Cl. The monoisotopic (exact) mass is 487 g/mol. The van der Waals surface area contributed by atoms with Crippen molar-refractivity contribution in [1.82, 2.24) is 19.7 Å². The van der Waals surface area contributed by atoms with Crippen LogP contribution in [0.2, 0.25) is 15.3 Å². The second kappa shape index (κ2) is 8.78. The maximum atomic E-state index is 13.4. The van der Waals surface area contributed by atoms with E-state index in [4.69, 9.17) is 34.8 Å². The lowest BCUT2D eigenvalue weighted by molar-refractivity contribution is 0.0964. The van der Waals surface area contributed by atoms with E-state index in [9.17, 15) is 9.59 Å². The van der Waals surface area contributed by atoms with Gasteiger partial charge in [-0.25, -0.2) is 9.97 Å². The number of hydrogen-bond acceptors (Lipinski definition) is 4. The van der Waals surface area contributed by atoms with E-state index in [1.807, 2.05) is 12.1 Å². The fourth-order valence-corrected chi connectivity index (χ4v) is 4.12. The average molecular weight is 489 g/mol. The number of pyridine rings is 1. The summed E-state index contributed by atoms with van der Waals surface area (Å²) in [6, 6.07) is 10.1. The fraction of sp³-hybridized carbons (Fsp3) is 0.0909. The molecule has 162 valence electrons. The third kappa shape index (κ3) is 4.02. The molecule has 0 fully saturated rings.